The van der Waals surface area contributed by atoms with Gasteiger partial charge in [0.2, 0.25) is 5.91 Å². The van der Waals surface area contributed by atoms with Crippen molar-refractivity contribution >= 4 is 28.4 Å². The molecule has 8 heteroatoms. The first-order chi connectivity index (χ1) is 14.1. The summed E-state index contributed by atoms with van der Waals surface area (Å²) in [5.74, 6) is -0.377. The van der Waals surface area contributed by atoms with Crippen molar-refractivity contribution in [2.75, 3.05) is 18.5 Å². The van der Waals surface area contributed by atoms with Gasteiger partial charge in [0, 0.05) is 28.7 Å². The van der Waals surface area contributed by atoms with Gasteiger partial charge in [-0.2, -0.15) is 5.10 Å². The van der Waals surface area contributed by atoms with Crippen LogP contribution in [0.15, 0.2) is 42.7 Å². The van der Waals surface area contributed by atoms with E-state index >= 15 is 0 Å². The summed E-state index contributed by atoms with van der Waals surface area (Å²) in [6.45, 7) is 1.60. The second-order valence-corrected chi connectivity index (χ2v) is 8.02. The lowest BCUT2D eigenvalue weighted by atomic mass is 9.64. The number of H-pyrrole nitrogens is 1. The van der Waals surface area contributed by atoms with Crippen molar-refractivity contribution in [3.63, 3.8) is 0 Å². The smallest absolute Gasteiger partial charge is 0.270 e. The van der Waals surface area contributed by atoms with Crippen molar-refractivity contribution in [3.05, 3.63) is 54.0 Å². The first-order valence-electron chi connectivity index (χ1n) is 9.65. The Morgan fingerprint density at radius 3 is 2.86 bits per heavy atom. The average Bonchev–Trinajstić information content (AvgIpc) is 3.10. The number of fused-ring (bicyclic) bond motifs is 1. The van der Waals surface area contributed by atoms with Crippen LogP contribution in [0.25, 0.3) is 10.9 Å². The number of aromatic nitrogens is 3. The molecule has 3 aromatic rings. The molecule has 2 fully saturated rings. The van der Waals surface area contributed by atoms with Gasteiger partial charge in [-0.25, -0.2) is 0 Å². The monoisotopic (exact) mass is 391 g/mol. The van der Waals surface area contributed by atoms with Crippen molar-refractivity contribution in [1.82, 2.24) is 20.5 Å². The SMILES string of the molecule is O=C(Cc1ccc2cn[nH]c2c1)Nc1ccnc(C(=O)NC2CC3(COC3)C2)c1. The maximum atomic E-state index is 12.5. The molecular formula is C21H21N5O3. The van der Waals surface area contributed by atoms with Crippen LogP contribution < -0.4 is 10.6 Å². The van der Waals surface area contributed by atoms with Crippen LogP contribution in [0.3, 0.4) is 0 Å². The summed E-state index contributed by atoms with van der Waals surface area (Å²) in [6.07, 6.45) is 5.41. The molecule has 2 aliphatic rings. The maximum Gasteiger partial charge on any atom is 0.270 e. The van der Waals surface area contributed by atoms with Gasteiger partial charge in [0.05, 0.1) is 31.3 Å². The molecule has 2 amide bonds. The number of nitrogens with one attached hydrogen (secondary N) is 3. The second-order valence-electron chi connectivity index (χ2n) is 8.02. The lowest BCUT2D eigenvalue weighted by molar-refractivity contribution is -0.165. The highest BCUT2D eigenvalue weighted by Crippen LogP contribution is 2.46. The third-order valence-electron chi connectivity index (χ3n) is 5.66. The van der Waals surface area contributed by atoms with Crippen molar-refractivity contribution in [3.8, 4) is 0 Å². The molecule has 8 nitrogen and oxygen atoms in total. The van der Waals surface area contributed by atoms with Gasteiger partial charge >= 0.3 is 0 Å². The van der Waals surface area contributed by atoms with Crippen LogP contribution >= 0.6 is 0 Å². The zero-order valence-electron chi connectivity index (χ0n) is 15.8. The Morgan fingerprint density at radius 1 is 1.21 bits per heavy atom. The van der Waals surface area contributed by atoms with Crippen LogP contribution in [0.4, 0.5) is 5.69 Å². The number of benzene rings is 1. The minimum atomic E-state index is -0.217. The lowest BCUT2D eigenvalue weighted by Gasteiger charge is -2.53. The first kappa shape index (κ1) is 17.8. The van der Waals surface area contributed by atoms with E-state index in [-0.39, 0.29) is 24.3 Å². The van der Waals surface area contributed by atoms with Gasteiger partial charge in [0.1, 0.15) is 5.69 Å². The number of ether oxygens (including phenoxy) is 1. The van der Waals surface area contributed by atoms with Gasteiger partial charge in [0.15, 0.2) is 0 Å². The van der Waals surface area contributed by atoms with Gasteiger partial charge in [-0.1, -0.05) is 12.1 Å². The molecule has 1 aliphatic heterocycles. The zero-order valence-corrected chi connectivity index (χ0v) is 15.8. The molecule has 0 unspecified atom stereocenters. The second kappa shape index (κ2) is 6.97. The number of hydrogen-bond acceptors (Lipinski definition) is 5. The van der Waals surface area contributed by atoms with Gasteiger partial charge in [-0.15, -0.1) is 0 Å². The summed E-state index contributed by atoms with van der Waals surface area (Å²) in [5.41, 5.74) is 2.91. The summed E-state index contributed by atoms with van der Waals surface area (Å²) >= 11 is 0. The lowest BCUT2D eigenvalue weighted by Crippen LogP contribution is -2.59. The molecule has 3 heterocycles. The minimum absolute atomic E-state index is 0.160. The molecule has 0 bridgehead atoms. The van der Waals surface area contributed by atoms with Gasteiger partial charge in [-0.3, -0.25) is 19.7 Å². The summed E-state index contributed by atoms with van der Waals surface area (Å²) in [5, 5.41) is 13.7. The molecule has 1 aromatic carbocycles. The summed E-state index contributed by atoms with van der Waals surface area (Å²) in [6, 6.07) is 9.19. The van der Waals surface area contributed by atoms with Crippen LogP contribution in [-0.2, 0) is 16.0 Å². The van der Waals surface area contributed by atoms with Gasteiger partial charge < -0.3 is 15.4 Å². The first-order valence-corrected chi connectivity index (χ1v) is 9.65. The Labute approximate surface area is 167 Å². The van der Waals surface area contributed by atoms with E-state index in [2.05, 4.69) is 25.8 Å². The number of carbonyl (C=O) groups excluding carboxylic acids is 2. The van der Waals surface area contributed by atoms with Crippen LogP contribution in [0, 0.1) is 5.41 Å². The normalized spacial score (nSPS) is 17.5. The average molecular weight is 391 g/mol. The number of hydrogen-bond donors (Lipinski definition) is 3. The van der Waals surface area contributed by atoms with E-state index in [0.29, 0.717) is 16.8 Å². The topological polar surface area (TPSA) is 109 Å². The molecule has 1 aliphatic carbocycles. The van der Waals surface area contributed by atoms with E-state index in [9.17, 15) is 9.59 Å². The van der Waals surface area contributed by atoms with Crippen molar-refractivity contribution in [2.24, 2.45) is 5.41 Å². The highest BCUT2D eigenvalue weighted by Gasteiger charge is 2.50. The molecular weight excluding hydrogens is 370 g/mol. The maximum absolute atomic E-state index is 12.5. The molecule has 2 aromatic heterocycles. The number of pyridine rings is 1. The molecule has 0 atom stereocenters. The fraction of sp³-hybridized carbons (Fsp3) is 0.333. The summed E-state index contributed by atoms with van der Waals surface area (Å²) in [4.78, 5) is 29.0. The fourth-order valence-corrected chi connectivity index (χ4v) is 4.09. The Bertz CT molecular complexity index is 1080. The molecule has 148 valence electrons. The van der Waals surface area contributed by atoms with Gasteiger partial charge in [-0.05, 0) is 36.6 Å². The zero-order chi connectivity index (χ0) is 19.8. The molecule has 1 spiro atoms. The quantitative estimate of drug-likeness (QED) is 0.617. The Hall–Kier alpha value is -3.26. The number of nitrogens with zero attached hydrogens (tertiary/aromatic N) is 2. The van der Waals surface area contributed by atoms with Gasteiger partial charge in [0.25, 0.3) is 5.91 Å². The van der Waals surface area contributed by atoms with Crippen LogP contribution in [0.1, 0.15) is 28.9 Å². The standard InChI is InChI=1S/C21H21N5O3/c27-19(6-13-1-2-14-10-23-26-17(14)5-13)24-15-3-4-22-18(7-15)20(28)25-16-8-21(9-16)11-29-12-21/h1-5,7,10,16H,6,8-9,11-12H2,(H,23,26)(H,25,28)(H,22,24,27). The fourth-order valence-electron chi connectivity index (χ4n) is 4.09. The van der Waals surface area contributed by atoms with E-state index in [1.165, 1.54) is 6.20 Å². The third kappa shape index (κ3) is 3.58. The largest absolute Gasteiger partial charge is 0.380 e. The van der Waals surface area contributed by atoms with Crippen molar-refractivity contribution in [2.45, 2.75) is 25.3 Å². The van der Waals surface area contributed by atoms with E-state index in [4.69, 9.17) is 4.74 Å². The summed E-state index contributed by atoms with van der Waals surface area (Å²) in [7, 11) is 0. The number of carbonyl (C=O) groups is 2. The van der Waals surface area contributed by atoms with Crippen molar-refractivity contribution < 1.29 is 14.3 Å². The number of amides is 2. The minimum Gasteiger partial charge on any atom is -0.380 e. The highest BCUT2D eigenvalue weighted by atomic mass is 16.5. The van der Waals surface area contributed by atoms with Crippen LogP contribution in [-0.4, -0.2) is 46.3 Å². The predicted octanol–water partition coefficient (Wildman–Crippen LogP) is 2.05. The number of aromatic amines is 1. The predicted molar refractivity (Wildman–Crippen MR) is 106 cm³/mol. The molecule has 0 radical (unpaired) electrons. The summed E-state index contributed by atoms with van der Waals surface area (Å²) < 4.78 is 5.26. The molecule has 3 N–H and O–H groups in total. The number of anilines is 1. The van der Waals surface area contributed by atoms with Crippen molar-refractivity contribution in [1.29, 1.82) is 0 Å². The Balaban J connectivity index is 1.19. The highest BCUT2D eigenvalue weighted by molar-refractivity contribution is 5.96. The Kier molecular flexibility index (Phi) is 4.28. The Morgan fingerprint density at radius 2 is 2.07 bits per heavy atom. The van der Waals surface area contributed by atoms with E-state index in [1.807, 2.05) is 18.2 Å². The van der Waals surface area contributed by atoms with Crippen LogP contribution in [0.2, 0.25) is 0 Å². The third-order valence-corrected chi connectivity index (χ3v) is 5.66. The molecule has 29 heavy (non-hydrogen) atoms. The molecule has 5 rings (SSSR count). The van der Waals surface area contributed by atoms with E-state index in [1.54, 1.807) is 18.3 Å². The number of rotatable bonds is 5. The van der Waals surface area contributed by atoms with Crippen LogP contribution in [0.5, 0.6) is 0 Å². The molecule has 1 saturated carbocycles. The molecule has 1 saturated heterocycles. The van der Waals surface area contributed by atoms with E-state index in [0.717, 1.165) is 42.5 Å². The van der Waals surface area contributed by atoms with E-state index < -0.39 is 0 Å².